The van der Waals surface area contributed by atoms with Gasteiger partial charge >= 0.3 is 0 Å². The molecule has 0 aliphatic heterocycles. The second kappa shape index (κ2) is 9.30. The van der Waals surface area contributed by atoms with E-state index in [1.54, 1.807) is 0 Å². The highest BCUT2D eigenvalue weighted by Crippen LogP contribution is 2.21. The van der Waals surface area contributed by atoms with Crippen molar-refractivity contribution in [3.63, 3.8) is 0 Å². The molecule has 2 unspecified atom stereocenters. The topological polar surface area (TPSA) is 0 Å². The minimum absolute atomic E-state index is 0.872. The molecule has 0 aromatic rings. The van der Waals surface area contributed by atoms with Crippen molar-refractivity contribution in [3.05, 3.63) is 12.2 Å². The van der Waals surface area contributed by atoms with Crippen LogP contribution in [0.5, 0.6) is 0 Å². The third kappa shape index (κ3) is 7.17. The summed E-state index contributed by atoms with van der Waals surface area (Å²) in [6, 6.07) is 0. The summed E-state index contributed by atoms with van der Waals surface area (Å²) < 4.78 is 0. The lowest BCUT2D eigenvalue weighted by atomic mass is 9.90. The van der Waals surface area contributed by atoms with Gasteiger partial charge in [0.15, 0.2) is 0 Å². The highest BCUT2D eigenvalue weighted by atomic mass is 14.1. The lowest BCUT2D eigenvalue weighted by Gasteiger charge is -2.16. The molecule has 0 heterocycles. The Bertz CT molecular complexity index is 135. The van der Waals surface area contributed by atoms with E-state index in [0.717, 1.165) is 11.8 Å². The molecule has 0 saturated carbocycles. The van der Waals surface area contributed by atoms with Crippen LogP contribution < -0.4 is 0 Å². The Balaban J connectivity index is 3.56. The Morgan fingerprint density at radius 3 is 2.29 bits per heavy atom. The summed E-state index contributed by atoms with van der Waals surface area (Å²) in [5, 5.41) is 0. The van der Waals surface area contributed by atoms with E-state index in [4.69, 9.17) is 0 Å². The monoisotopic (exact) mass is 196 g/mol. The lowest BCUT2D eigenvalue weighted by Crippen LogP contribution is -2.02. The summed E-state index contributed by atoms with van der Waals surface area (Å²) in [7, 11) is 0. The number of rotatable bonds is 8. The summed E-state index contributed by atoms with van der Waals surface area (Å²) >= 11 is 0. The molecule has 0 saturated heterocycles. The van der Waals surface area contributed by atoms with E-state index < -0.39 is 0 Å². The van der Waals surface area contributed by atoms with Crippen molar-refractivity contribution < 1.29 is 0 Å². The summed E-state index contributed by atoms with van der Waals surface area (Å²) in [5.74, 6) is 1.85. The first kappa shape index (κ1) is 13.7. The predicted octanol–water partition coefficient (Wildman–Crippen LogP) is 5.20. The van der Waals surface area contributed by atoms with Crippen LogP contribution in [0.1, 0.15) is 66.2 Å². The number of hydrogen-bond acceptors (Lipinski definition) is 0. The number of hydrogen-bond donors (Lipinski definition) is 0. The maximum atomic E-state index is 2.37. The maximum Gasteiger partial charge on any atom is -0.0325 e. The van der Waals surface area contributed by atoms with Gasteiger partial charge in [0.2, 0.25) is 0 Å². The third-order valence-corrected chi connectivity index (χ3v) is 3.12. The average Bonchev–Trinajstić information content (AvgIpc) is 2.21. The van der Waals surface area contributed by atoms with Crippen molar-refractivity contribution in [3.8, 4) is 0 Å². The molecule has 0 aromatic carbocycles. The van der Waals surface area contributed by atoms with Crippen LogP contribution in [0, 0.1) is 11.8 Å². The van der Waals surface area contributed by atoms with Crippen LogP contribution in [0.15, 0.2) is 12.2 Å². The molecule has 0 N–H and O–H groups in total. The van der Waals surface area contributed by atoms with Crippen LogP contribution in [-0.4, -0.2) is 0 Å². The molecule has 0 spiro atoms. The van der Waals surface area contributed by atoms with Crippen LogP contribution in [0.25, 0.3) is 0 Å². The lowest BCUT2D eigenvalue weighted by molar-refractivity contribution is 0.378. The standard InChI is InChI=1S/C14H28/c1-5-8-10-13(4)11-12-14(7-3)9-6-2/h5,8,13-14H,6-7,9-12H2,1-4H3. The first-order valence-corrected chi connectivity index (χ1v) is 6.35. The SMILES string of the molecule is CC=CCC(C)CCC(CC)CCC. The first-order chi connectivity index (χ1) is 6.74. The Morgan fingerprint density at radius 1 is 1.07 bits per heavy atom. The molecule has 0 aliphatic carbocycles. The quantitative estimate of drug-likeness (QED) is 0.468. The zero-order valence-corrected chi connectivity index (χ0v) is 10.6. The van der Waals surface area contributed by atoms with Crippen molar-refractivity contribution in [2.45, 2.75) is 66.2 Å². The molecule has 0 fully saturated rings. The van der Waals surface area contributed by atoms with Gasteiger partial charge in [0.1, 0.15) is 0 Å². The fraction of sp³-hybridized carbons (Fsp3) is 0.857. The van der Waals surface area contributed by atoms with Gasteiger partial charge in [-0.1, -0.05) is 65.0 Å². The number of allylic oxidation sites excluding steroid dienone is 2. The van der Waals surface area contributed by atoms with E-state index in [0.29, 0.717) is 0 Å². The molecular weight excluding hydrogens is 168 g/mol. The molecule has 84 valence electrons. The molecule has 0 aromatic heterocycles. The van der Waals surface area contributed by atoms with Crippen LogP contribution in [0.2, 0.25) is 0 Å². The first-order valence-electron chi connectivity index (χ1n) is 6.35. The van der Waals surface area contributed by atoms with Crippen molar-refractivity contribution >= 4 is 0 Å². The molecule has 0 amide bonds. The van der Waals surface area contributed by atoms with Crippen LogP contribution in [-0.2, 0) is 0 Å². The molecule has 0 aliphatic rings. The summed E-state index contributed by atoms with van der Waals surface area (Å²) in [4.78, 5) is 0. The zero-order valence-electron chi connectivity index (χ0n) is 10.6. The van der Waals surface area contributed by atoms with Gasteiger partial charge in [0, 0.05) is 0 Å². The van der Waals surface area contributed by atoms with Crippen molar-refractivity contribution in [2.24, 2.45) is 11.8 Å². The van der Waals surface area contributed by atoms with Crippen molar-refractivity contribution in [1.82, 2.24) is 0 Å². The molecule has 0 heteroatoms. The minimum Gasteiger partial charge on any atom is -0.0917 e. The van der Waals surface area contributed by atoms with E-state index in [-0.39, 0.29) is 0 Å². The van der Waals surface area contributed by atoms with Crippen molar-refractivity contribution in [2.75, 3.05) is 0 Å². The smallest absolute Gasteiger partial charge is 0.0325 e. The predicted molar refractivity (Wildman–Crippen MR) is 66.5 cm³/mol. The molecule has 0 radical (unpaired) electrons. The van der Waals surface area contributed by atoms with Crippen LogP contribution >= 0.6 is 0 Å². The van der Waals surface area contributed by atoms with Gasteiger partial charge < -0.3 is 0 Å². The van der Waals surface area contributed by atoms with Crippen molar-refractivity contribution in [1.29, 1.82) is 0 Å². The highest BCUT2D eigenvalue weighted by Gasteiger charge is 2.07. The molecule has 0 bridgehead atoms. The minimum atomic E-state index is 0.872. The van der Waals surface area contributed by atoms with Gasteiger partial charge in [-0.25, -0.2) is 0 Å². The maximum absolute atomic E-state index is 2.37. The molecule has 14 heavy (non-hydrogen) atoms. The largest absolute Gasteiger partial charge is 0.0917 e. The van der Waals surface area contributed by atoms with Gasteiger partial charge in [-0.05, 0) is 25.2 Å². The second-order valence-corrected chi connectivity index (χ2v) is 4.55. The summed E-state index contributed by atoms with van der Waals surface area (Å²) in [5.41, 5.74) is 0. The fourth-order valence-corrected chi connectivity index (χ4v) is 1.97. The van der Waals surface area contributed by atoms with Gasteiger partial charge in [-0.3, -0.25) is 0 Å². The highest BCUT2D eigenvalue weighted by molar-refractivity contribution is 4.79. The molecule has 2 atom stereocenters. The van der Waals surface area contributed by atoms with Crippen LogP contribution in [0.3, 0.4) is 0 Å². The molecule has 0 rings (SSSR count). The normalized spacial score (nSPS) is 16.0. The Kier molecular flexibility index (Phi) is 9.13. The average molecular weight is 196 g/mol. The van der Waals surface area contributed by atoms with Crippen LogP contribution in [0.4, 0.5) is 0 Å². The second-order valence-electron chi connectivity index (χ2n) is 4.55. The molecular formula is C14H28. The van der Waals surface area contributed by atoms with Gasteiger partial charge in [0.25, 0.3) is 0 Å². The Hall–Kier alpha value is -0.260. The summed E-state index contributed by atoms with van der Waals surface area (Å²) in [6.45, 7) is 9.11. The Morgan fingerprint density at radius 2 is 1.79 bits per heavy atom. The fourth-order valence-electron chi connectivity index (χ4n) is 1.97. The molecule has 0 nitrogen and oxygen atoms in total. The van der Waals surface area contributed by atoms with E-state index in [1.807, 2.05) is 0 Å². The van der Waals surface area contributed by atoms with Gasteiger partial charge in [-0.15, -0.1) is 0 Å². The van der Waals surface area contributed by atoms with Gasteiger partial charge in [-0.2, -0.15) is 0 Å². The van der Waals surface area contributed by atoms with E-state index in [1.165, 1.54) is 38.5 Å². The third-order valence-electron chi connectivity index (χ3n) is 3.12. The van der Waals surface area contributed by atoms with E-state index in [2.05, 4.69) is 39.8 Å². The van der Waals surface area contributed by atoms with Gasteiger partial charge in [0.05, 0.1) is 0 Å². The summed E-state index contributed by atoms with van der Waals surface area (Å²) in [6.07, 6.45) is 12.7. The zero-order chi connectivity index (χ0) is 10.8. The Labute approximate surface area is 90.8 Å². The van der Waals surface area contributed by atoms with E-state index in [9.17, 15) is 0 Å². The van der Waals surface area contributed by atoms with E-state index >= 15 is 0 Å².